The largest absolute Gasteiger partial charge is 0.397 e. The third-order valence-electron chi connectivity index (χ3n) is 4.04. The summed E-state index contributed by atoms with van der Waals surface area (Å²) in [5.41, 5.74) is 6.42. The molecule has 4 rings (SSSR count). The van der Waals surface area contributed by atoms with Crippen LogP contribution < -0.4 is 11.1 Å². The Morgan fingerprint density at radius 3 is 2.64 bits per heavy atom. The van der Waals surface area contributed by atoms with Crippen molar-refractivity contribution in [1.82, 2.24) is 25.1 Å². The van der Waals surface area contributed by atoms with Crippen LogP contribution in [0.15, 0.2) is 42.6 Å². The van der Waals surface area contributed by atoms with E-state index in [0.717, 1.165) is 17.8 Å². The molecular weight excluding hydrogens is 371 g/mol. The van der Waals surface area contributed by atoms with Crippen molar-refractivity contribution in [3.05, 3.63) is 65.6 Å². The van der Waals surface area contributed by atoms with Gasteiger partial charge in [0.05, 0.1) is 17.4 Å². The highest BCUT2D eigenvalue weighted by atomic mass is 19.3. The van der Waals surface area contributed by atoms with Gasteiger partial charge >= 0.3 is 5.92 Å². The summed E-state index contributed by atoms with van der Waals surface area (Å²) in [5.74, 6) is -4.69. The number of H-pyrrole nitrogens is 1. The minimum Gasteiger partial charge on any atom is -0.397 e. The monoisotopic (exact) mass is 385 g/mol. The summed E-state index contributed by atoms with van der Waals surface area (Å²) in [6, 6.07) is 8.36. The predicted molar refractivity (Wildman–Crippen MR) is 97.7 cm³/mol. The number of pyridine rings is 1. The van der Waals surface area contributed by atoms with Crippen LogP contribution in [0.4, 0.5) is 30.5 Å². The molecule has 0 aliphatic carbocycles. The number of aromatic nitrogens is 5. The van der Waals surface area contributed by atoms with Gasteiger partial charge in [0.25, 0.3) is 0 Å². The summed E-state index contributed by atoms with van der Waals surface area (Å²) >= 11 is 0. The zero-order valence-corrected chi connectivity index (χ0v) is 14.5. The second-order valence-corrected chi connectivity index (χ2v) is 6.14. The number of hydrogen-bond acceptors (Lipinski definition) is 6. The average Bonchev–Trinajstić information content (AvgIpc) is 3.07. The molecule has 0 unspecified atom stereocenters. The fourth-order valence-electron chi connectivity index (χ4n) is 2.69. The Kier molecular flexibility index (Phi) is 4.10. The smallest absolute Gasteiger partial charge is 0.348 e. The summed E-state index contributed by atoms with van der Waals surface area (Å²) in [4.78, 5) is 11.4. The Bertz CT molecular complexity index is 1160. The maximum absolute atomic E-state index is 15.0. The van der Waals surface area contributed by atoms with E-state index in [1.807, 2.05) is 0 Å². The number of benzene rings is 1. The van der Waals surface area contributed by atoms with Crippen molar-refractivity contribution in [1.29, 1.82) is 0 Å². The van der Waals surface area contributed by atoms with Crippen LogP contribution in [0.2, 0.25) is 0 Å². The number of para-hydroxylation sites is 1. The number of nitrogens with one attached hydrogen (secondary N) is 2. The van der Waals surface area contributed by atoms with Crippen LogP contribution in [0.3, 0.4) is 0 Å². The second-order valence-electron chi connectivity index (χ2n) is 6.14. The zero-order chi connectivity index (χ0) is 19.9. The van der Waals surface area contributed by atoms with Gasteiger partial charge in [-0.15, -0.1) is 0 Å². The molecule has 10 heteroatoms. The van der Waals surface area contributed by atoms with Crippen molar-refractivity contribution in [3.63, 3.8) is 0 Å². The lowest BCUT2D eigenvalue weighted by Gasteiger charge is -2.17. The van der Waals surface area contributed by atoms with E-state index >= 15 is 8.78 Å². The molecule has 0 amide bonds. The summed E-state index contributed by atoms with van der Waals surface area (Å²) in [5, 5.41) is 10.1. The van der Waals surface area contributed by atoms with Gasteiger partial charge in [-0.25, -0.2) is 14.4 Å². The topological polar surface area (TPSA) is 105 Å². The minimum atomic E-state index is -3.66. The lowest BCUT2D eigenvalue weighted by atomic mass is 10.1. The van der Waals surface area contributed by atoms with Gasteiger partial charge < -0.3 is 11.1 Å². The van der Waals surface area contributed by atoms with Gasteiger partial charge in [-0.2, -0.15) is 13.9 Å². The molecule has 0 bridgehead atoms. The molecule has 1 aromatic carbocycles. The highest BCUT2D eigenvalue weighted by Gasteiger charge is 2.40. The van der Waals surface area contributed by atoms with Gasteiger partial charge in [-0.3, -0.25) is 10.1 Å². The molecule has 28 heavy (non-hydrogen) atoms. The fraction of sp³-hybridized carbons (Fsp3) is 0.111. The molecule has 0 aliphatic heterocycles. The molecule has 3 heterocycles. The summed E-state index contributed by atoms with van der Waals surface area (Å²) in [6.07, 6.45) is 0.713. The Balaban J connectivity index is 1.89. The first kappa shape index (κ1) is 17.7. The quantitative estimate of drug-likeness (QED) is 0.463. The van der Waals surface area contributed by atoms with E-state index in [9.17, 15) is 4.39 Å². The zero-order valence-electron chi connectivity index (χ0n) is 14.5. The Hall–Kier alpha value is -3.69. The number of nitrogens with zero attached hydrogens (tertiary/aromatic N) is 4. The van der Waals surface area contributed by atoms with Crippen molar-refractivity contribution in [2.24, 2.45) is 0 Å². The normalized spacial score (nSPS) is 11.7. The first-order valence-corrected chi connectivity index (χ1v) is 8.20. The highest BCUT2D eigenvalue weighted by Crippen LogP contribution is 2.36. The molecule has 0 atom stereocenters. The van der Waals surface area contributed by atoms with Gasteiger partial charge in [0.2, 0.25) is 5.82 Å². The van der Waals surface area contributed by atoms with Crippen LogP contribution >= 0.6 is 0 Å². The van der Waals surface area contributed by atoms with Gasteiger partial charge in [-0.05, 0) is 31.2 Å². The lowest BCUT2D eigenvalue weighted by Crippen LogP contribution is -2.21. The maximum Gasteiger partial charge on any atom is 0.348 e. The Labute approximate surface area is 156 Å². The van der Waals surface area contributed by atoms with Crippen molar-refractivity contribution < 1.29 is 13.2 Å². The van der Waals surface area contributed by atoms with E-state index in [1.54, 1.807) is 31.2 Å². The molecule has 3 aromatic heterocycles. The number of nitrogens with two attached hydrogens (primary N) is 1. The summed E-state index contributed by atoms with van der Waals surface area (Å²) < 4.78 is 43.1. The SMILES string of the molecule is Cc1cc(Nc2nc(C(F)(F)c3ccc(F)cn3)nc3c(N)cccc23)n[nH]1. The van der Waals surface area contributed by atoms with E-state index in [2.05, 4.69) is 30.5 Å². The number of aromatic amines is 1. The number of rotatable bonds is 4. The molecule has 4 aromatic rings. The van der Waals surface area contributed by atoms with E-state index in [1.165, 1.54) is 0 Å². The molecule has 0 radical (unpaired) electrons. The van der Waals surface area contributed by atoms with E-state index in [-0.39, 0.29) is 17.0 Å². The van der Waals surface area contributed by atoms with Crippen LogP contribution in [-0.4, -0.2) is 25.1 Å². The van der Waals surface area contributed by atoms with Crippen molar-refractivity contribution >= 4 is 28.2 Å². The minimum absolute atomic E-state index is 0.112. The molecule has 0 saturated carbocycles. The number of alkyl halides is 2. The summed E-state index contributed by atoms with van der Waals surface area (Å²) in [6.45, 7) is 1.80. The number of halogens is 3. The highest BCUT2D eigenvalue weighted by molar-refractivity contribution is 5.97. The first-order valence-electron chi connectivity index (χ1n) is 8.20. The molecule has 4 N–H and O–H groups in total. The van der Waals surface area contributed by atoms with Gasteiger partial charge in [0, 0.05) is 17.1 Å². The molecule has 0 spiro atoms. The Morgan fingerprint density at radius 1 is 1.14 bits per heavy atom. The van der Waals surface area contributed by atoms with Gasteiger partial charge in [0.15, 0.2) is 5.82 Å². The van der Waals surface area contributed by atoms with Crippen LogP contribution in [0, 0.1) is 12.7 Å². The van der Waals surface area contributed by atoms with Crippen LogP contribution in [0.1, 0.15) is 17.2 Å². The predicted octanol–water partition coefficient (Wildman–Crippen LogP) is 3.66. The number of aryl methyl sites for hydroxylation is 1. The van der Waals surface area contributed by atoms with Crippen LogP contribution in [0.5, 0.6) is 0 Å². The third kappa shape index (κ3) is 3.08. The van der Waals surface area contributed by atoms with E-state index in [4.69, 9.17) is 5.73 Å². The third-order valence-corrected chi connectivity index (χ3v) is 4.04. The number of fused-ring (bicyclic) bond motifs is 1. The van der Waals surface area contributed by atoms with Crippen LogP contribution in [0.25, 0.3) is 10.9 Å². The summed E-state index contributed by atoms with van der Waals surface area (Å²) in [7, 11) is 0. The van der Waals surface area contributed by atoms with Crippen LogP contribution in [-0.2, 0) is 5.92 Å². The van der Waals surface area contributed by atoms with Crippen molar-refractivity contribution in [3.8, 4) is 0 Å². The Morgan fingerprint density at radius 2 is 1.96 bits per heavy atom. The molecule has 0 saturated heterocycles. The van der Waals surface area contributed by atoms with Gasteiger partial charge in [0.1, 0.15) is 17.3 Å². The van der Waals surface area contributed by atoms with E-state index in [0.29, 0.717) is 17.4 Å². The molecule has 7 nitrogen and oxygen atoms in total. The molecule has 142 valence electrons. The molecule has 0 fully saturated rings. The van der Waals surface area contributed by atoms with Crippen molar-refractivity contribution in [2.45, 2.75) is 12.8 Å². The second kappa shape index (κ2) is 6.48. The lowest BCUT2D eigenvalue weighted by molar-refractivity contribution is 0.0285. The molecule has 0 aliphatic rings. The number of hydrogen-bond donors (Lipinski definition) is 3. The average molecular weight is 385 g/mol. The molecular formula is C18H14F3N7. The first-order chi connectivity index (χ1) is 13.3. The number of nitrogen functional groups attached to an aromatic ring is 1. The number of anilines is 3. The van der Waals surface area contributed by atoms with Gasteiger partial charge in [-0.1, -0.05) is 6.07 Å². The fourth-order valence-corrected chi connectivity index (χ4v) is 2.69. The standard InChI is InChI=1S/C18H14F3N7/c1-9-7-14(28-27-9)24-16-11-3-2-4-12(22)15(11)25-17(26-16)18(20,21)13-6-5-10(19)8-23-13/h2-8H,22H2,1H3,(H2,24,25,26,27,28). The van der Waals surface area contributed by atoms with Crippen molar-refractivity contribution in [2.75, 3.05) is 11.1 Å². The maximum atomic E-state index is 15.0. The van der Waals surface area contributed by atoms with E-state index < -0.39 is 23.3 Å².